The maximum absolute atomic E-state index is 12.7. The van der Waals surface area contributed by atoms with E-state index in [-0.39, 0.29) is 18.9 Å². The lowest BCUT2D eigenvalue weighted by Crippen LogP contribution is -2.45. The van der Waals surface area contributed by atoms with E-state index in [0.717, 1.165) is 18.4 Å². The highest BCUT2D eigenvalue weighted by atomic mass is 16.4. The molecule has 2 fully saturated rings. The summed E-state index contributed by atoms with van der Waals surface area (Å²) in [7, 11) is 0. The Morgan fingerprint density at radius 3 is 2.40 bits per heavy atom. The van der Waals surface area contributed by atoms with Crippen molar-refractivity contribution < 1.29 is 19.8 Å². The quantitative estimate of drug-likeness (QED) is 0.854. The Bertz CT molecular complexity index is 538. The molecular weight excluding hydrogens is 258 g/mol. The highest BCUT2D eigenvalue weighted by molar-refractivity contribution is 5.94. The number of aliphatic hydroxyl groups is 1. The van der Waals surface area contributed by atoms with E-state index in [1.165, 1.54) is 4.90 Å². The van der Waals surface area contributed by atoms with E-state index >= 15 is 0 Å². The molecule has 1 aliphatic heterocycles. The van der Waals surface area contributed by atoms with Crippen LogP contribution in [0.2, 0.25) is 0 Å². The standard InChI is InChI=1S/C15H17NO4/c17-11-8-12(13(18)19)16(9-11)14(20)15(6-7-15)10-4-2-1-3-5-10/h1-5,11-12,17H,6-9H2,(H,18,19)/t11-,12+/m1/s1. The smallest absolute Gasteiger partial charge is 0.326 e. The number of benzene rings is 1. The predicted molar refractivity (Wildman–Crippen MR) is 71.1 cm³/mol. The molecule has 2 aliphatic rings. The molecule has 1 aromatic rings. The molecule has 1 saturated carbocycles. The molecule has 3 rings (SSSR count). The van der Waals surface area contributed by atoms with Gasteiger partial charge >= 0.3 is 5.97 Å². The zero-order valence-corrected chi connectivity index (χ0v) is 11.0. The maximum atomic E-state index is 12.7. The van der Waals surface area contributed by atoms with Crippen LogP contribution < -0.4 is 0 Å². The number of amides is 1. The molecule has 1 saturated heterocycles. The van der Waals surface area contributed by atoms with Crippen molar-refractivity contribution in [2.45, 2.75) is 36.8 Å². The third-order valence-electron chi connectivity index (χ3n) is 4.31. The van der Waals surface area contributed by atoms with Gasteiger partial charge in [0.25, 0.3) is 0 Å². The van der Waals surface area contributed by atoms with E-state index in [9.17, 15) is 19.8 Å². The summed E-state index contributed by atoms with van der Waals surface area (Å²) in [5.74, 6) is -1.20. The van der Waals surface area contributed by atoms with E-state index in [2.05, 4.69) is 0 Å². The third kappa shape index (κ3) is 1.98. The van der Waals surface area contributed by atoms with Crippen molar-refractivity contribution in [2.24, 2.45) is 0 Å². The first-order chi connectivity index (χ1) is 9.54. The number of aliphatic carboxylic acids is 1. The number of β-amino-alcohol motifs (C(OH)–C–C–N with tert-alkyl or cyclic N) is 1. The van der Waals surface area contributed by atoms with Crippen LogP contribution in [0.1, 0.15) is 24.8 Å². The molecule has 0 aromatic heterocycles. The van der Waals surface area contributed by atoms with Crippen LogP contribution in [0.5, 0.6) is 0 Å². The Morgan fingerprint density at radius 2 is 1.85 bits per heavy atom. The number of aliphatic hydroxyl groups excluding tert-OH is 1. The Morgan fingerprint density at radius 1 is 1.20 bits per heavy atom. The van der Waals surface area contributed by atoms with Crippen LogP contribution in [0.15, 0.2) is 30.3 Å². The van der Waals surface area contributed by atoms with Crippen molar-refractivity contribution in [1.82, 2.24) is 4.90 Å². The van der Waals surface area contributed by atoms with Crippen molar-refractivity contribution in [2.75, 3.05) is 6.54 Å². The van der Waals surface area contributed by atoms with Gasteiger partial charge in [0.05, 0.1) is 11.5 Å². The molecule has 106 valence electrons. The van der Waals surface area contributed by atoms with Crippen molar-refractivity contribution in [3.63, 3.8) is 0 Å². The second kappa shape index (κ2) is 4.59. The highest BCUT2D eigenvalue weighted by Gasteiger charge is 2.55. The average Bonchev–Trinajstić information content (AvgIpc) is 3.16. The van der Waals surface area contributed by atoms with Crippen LogP contribution in [0.3, 0.4) is 0 Å². The molecule has 1 heterocycles. The average molecular weight is 275 g/mol. The van der Waals surface area contributed by atoms with Gasteiger partial charge in [0.2, 0.25) is 5.91 Å². The van der Waals surface area contributed by atoms with Crippen LogP contribution in [-0.2, 0) is 15.0 Å². The SMILES string of the molecule is O=C(O)[C@@H]1C[C@@H](O)CN1C(=O)C1(c2ccccc2)CC1. The first-order valence-electron chi connectivity index (χ1n) is 6.82. The minimum Gasteiger partial charge on any atom is -0.480 e. The number of carboxylic acid groups (broad SMARTS) is 1. The third-order valence-corrected chi connectivity index (χ3v) is 4.31. The Kier molecular flexibility index (Phi) is 3.01. The molecule has 1 amide bonds. The van der Waals surface area contributed by atoms with Crippen LogP contribution >= 0.6 is 0 Å². The number of hydrogen-bond donors (Lipinski definition) is 2. The topological polar surface area (TPSA) is 77.8 Å². The number of carbonyl (C=O) groups excluding carboxylic acids is 1. The molecule has 5 nitrogen and oxygen atoms in total. The molecule has 0 bridgehead atoms. The molecule has 1 aliphatic carbocycles. The molecule has 5 heteroatoms. The van der Waals surface area contributed by atoms with Gasteiger partial charge in [-0.1, -0.05) is 30.3 Å². The number of nitrogens with zero attached hydrogens (tertiary/aromatic N) is 1. The van der Waals surface area contributed by atoms with E-state index in [4.69, 9.17) is 0 Å². The Hall–Kier alpha value is -1.88. The summed E-state index contributed by atoms with van der Waals surface area (Å²) < 4.78 is 0. The fourth-order valence-electron chi connectivity index (χ4n) is 3.06. The van der Waals surface area contributed by atoms with Gasteiger partial charge in [-0.05, 0) is 18.4 Å². The van der Waals surface area contributed by atoms with E-state index in [1.807, 2.05) is 30.3 Å². The van der Waals surface area contributed by atoms with Gasteiger partial charge < -0.3 is 15.1 Å². The van der Waals surface area contributed by atoms with Crippen LogP contribution in [0.4, 0.5) is 0 Å². The van der Waals surface area contributed by atoms with Gasteiger partial charge in [0, 0.05) is 13.0 Å². The van der Waals surface area contributed by atoms with Gasteiger partial charge in [-0.2, -0.15) is 0 Å². The lowest BCUT2D eigenvalue weighted by molar-refractivity contribution is -0.149. The lowest BCUT2D eigenvalue weighted by Gasteiger charge is -2.26. The van der Waals surface area contributed by atoms with Gasteiger partial charge in [-0.3, -0.25) is 4.79 Å². The fraction of sp³-hybridized carbons (Fsp3) is 0.467. The molecule has 2 N–H and O–H groups in total. The number of carboxylic acids is 1. The monoisotopic (exact) mass is 275 g/mol. The predicted octanol–water partition coefficient (Wildman–Crippen LogP) is 0.765. The van der Waals surface area contributed by atoms with Crippen LogP contribution in [0.25, 0.3) is 0 Å². The summed E-state index contributed by atoms with van der Waals surface area (Å²) >= 11 is 0. The number of likely N-dealkylation sites (tertiary alicyclic amines) is 1. The molecule has 0 unspecified atom stereocenters. The molecule has 1 aromatic carbocycles. The van der Waals surface area contributed by atoms with Crippen LogP contribution in [0, 0.1) is 0 Å². The Labute approximate surface area is 116 Å². The number of rotatable bonds is 3. The van der Waals surface area contributed by atoms with Crippen molar-refractivity contribution in [3.05, 3.63) is 35.9 Å². The number of hydrogen-bond acceptors (Lipinski definition) is 3. The zero-order chi connectivity index (χ0) is 14.3. The normalized spacial score (nSPS) is 27.4. The minimum atomic E-state index is -1.04. The molecule has 2 atom stereocenters. The zero-order valence-electron chi connectivity index (χ0n) is 11.0. The van der Waals surface area contributed by atoms with Gasteiger partial charge in [0.15, 0.2) is 0 Å². The van der Waals surface area contributed by atoms with E-state index in [1.54, 1.807) is 0 Å². The van der Waals surface area contributed by atoms with Crippen molar-refractivity contribution >= 4 is 11.9 Å². The first kappa shape index (κ1) is 13.1. The van der Waals surface area contributed by atoms with E-state index < -0.39 is 23.5 Å². The summed E-state index contributed by atoms with van der Waals surface area (Å²) in [6.07, 6.45) is 0.863. The van der Waals surface area contributed by atoms with Gasteiger partial charge in [-0.15, -0.1) is 0 Å². The van der Waals surface area contributed by atoms with Crippen molar-refractivity contribution in [1.29, 1.82) is 0 Å². The minimum absolute atomic E-state index is 0.115. The van der Waals surface area contributed by atoms with Gasteiger partial charge in [-0.25, -0.2) is 4.79 Å². The van der Waals surface area contributed by atoms with Crippen LogP contribution in [-0.4, -0.2) is 45.7 Å². The lowest BCUT2D eigenvalue weighted by atomic mass is 9.94. The molecule has 0 spiro atoms. The molecule has 0 radical (unpaired) electrons. The largest absolute Gasteiger partial charge is 0.480 e. The summed E-state index contributed by atoms with van der Waals surface area (Å²) in [6, 6.07) is 8.58. The number of carbonyl (C=O) groups is 2. The van der Waals surface area contributed by atoms with E-state index in [0.29, 0.717) is 0 Å². The second-order valence-corrected chi connectivity index (χ2v) is 5.65. The van der Waals surface area contributed by atoms with Crippen molar-refractivity contribution in [3.8, 4) is 0 Å². The van der Waals surface area contributed by atoms with Gasteiger partial charge in [0.1, 0.15) is 6.04 Å². The summed E-state index contributed by atoms with van der Waals surface area (Å²) in [5.41, 5.74) is 0.370. The second-order valence-electron chi connectivity index (χ2n) is 5.65. The first-order valence-corrected chi connectivity index (χ1v) is 6.82. The highest BCUT2D eigenvalue weighted by Crippen LogP contribution is 2.50. The fourth-order valence-corrected chi connectivity index (χ4v) is 3.06. The Balaban J connectivity index is 1.87. The molecule has 20 heavy (non-hydrogen) atoms. The molecular formula is C15H17NO4. The maximum Gasteiger partial charge on any atom is 0.326 e. The summed E-state index contributed by atoms with van der Waals surface area (Å²) in [5, 5.41) is 18.9. The summed E-state index contributed by atoms with van der Waals surface area (Å²) in [6.45, 7) is 0.115. The summed E-state index contributed by atoms with van der Waals surface area (Å²) in [4.78, 5) is 25.3.